The number of primary amides is 1. The van der Waals surface area contributed by atoms with Gasteiger partial charge < -0.3 is 41.7 Å². The summed E-state index contributed by atoms with van der Waals surface area (Å²) < 4.78 is 6.25. The Balaban J connectivity index is 0.860. The second kappa shape index (κ2) is 22.7. The molecule has 0 bridgehead atoms. The van der Waals surface area contributed by atoms with E-state index in [2.05, 4.69) is 21.1 Å². The molecule has 3 aromatic carbocycles. The van der Waals surface area contributed by atoms with Crippen molar-refractivity contribution in [1.29, 1.82) is 0 Å². The van der Waals surface area contributed by atoms with Crippen LogP contribution in [-0.4, -0.2) is 99.4 Å². The number of carbonyl (C=O) groups is 6. The second-order valence-corrected chi connectivity index (χ2v) is 20.6. The third kappa shape index (κ3) is 12.6. The first-order chi connectivity index (χ1) is 33.4. The largest absolute Gasteiger partial charge is 0.391 e. The molecule has 0 aliphatic carbocycles. The number of nitrogens with two attached hydrogens (primary N) is 2. The van der Waals surface area contributed by atoms with Gasteiger partial charge in [0.15, 0.2) is 5.75 Å². The number of unbranched alkanes of at least 4 members (excludes halogenated alkanes) is 1. The lowest BCUT2D eigenvalue weighted by atomic mass is 9.85. The topological polar surface area (TPSA) is 249 Å². The highest BCUT2D eigenvalue weighted by Gasteiger charge is 2.46. The predicted molar refractivity (Wildman–Crippen MR) is 265 cm³/mol. The molecule has 3 aliphatic heterocycles. The molecule has 17 nitrogen and oxygen atoms in total. The predicted octanol–water partition coefficient (Wildman–Crippen LogP) is 4.32. The Morgan fingerprint density at radius 2 is 1.64 bits per heavy atom. The number of likely N-dealkylation sites (tertiary alicyclic amines) is 1. The van der Waals surface area contributed by atoms with Gasteiger partial charge in [-0.05, 0) is 110 Å². The number of aliphatic hydroxyl groups is 1. The van der Waals surface area contributed by atoms with Gasteiger partial charge in [0.1, 0.15) is 18.1 Å². The van der Waals surface area contributed by atoms with Gasteiger partial charge in [-0.15, -0.1) is 11.3 Å². The van der Waals surface area contributed by atoms with E-state index in [9.17, 15) is 33.9 Å². The van der Waals surface area contributed by atoms with E-state index in [4.69, 9.17) is 21.0 Å². The number of hydrogen-bond donors (Lipinski definition) is 6. The number of aliphatic hydroxyl groups excluding tert-OH is 1. The summed E-state index contributed by atoms with van der Waals surface area (Å²) in [7, 11) is 0. The molecule has 6 amide bonds. The average molecular weight is 979 g/mol. The minimum Gasteiger partial charge on any atom is -0.391 e. The lowest BCUT2D eigenvalue weighted by Gasteiger charge is -2.35. The zero-order valence-electron chi connectivity index (χ0n) is 40.6. The van der Waals surface area contributed by atoms with Crippen LogP contribution in [0, 0.1) is 12.3 Å². The number of nitrogens with one attached hydrogen (secondary N) is 3. The van der Waals surface area contributed by atoms with E-state index in [0.29, 0.717) is 44.3 Å². The summed E-state index contributed by atoms with van der Waals surface area (Å²) in [5.74, 6) is -2.05. The molecule has 1 aromatic heterocycles. The number of rotatable bonds is 20. The van der Waals surface area contributed by atoms with Gasteiger partial charge in [-0.1, -0.05) is 63.2 Å². The van der Waals surface area contributed by atoms with Crippen LogP contribution in [-0.2, 0) is 59.4 Å². The van der Waals surface area contributed by atoms with Crippen molar-refractivity contribution in [3.05, 3.63) is 100 Å². The Labute approximate surface area is 413 Å². The van der Waals surface area contributed by atoms with Gasteiger partial charge in [0.2, 0.25) is 29.5 Å². The summed E-state index contributed by atoms with van der Waals surface area (Å²) in [4.78, 5) is 93.7. The number of ether oxygens (including phenoxy) is 1. The Bertz CT molecular complexity index is 2530. The number of carbonyl (C=O) groups excluding carboxylic acids is 6. The highest BCUT2D eigenvalue weighted by molar-refractivity contribution is 7.13. The van der Waals surface area contributed by atoms with Crippen molar-refractivity contribution in [1.82, 2.24) is 26.0 Å². The molecule has 4 aromatic rings. The van der Waals surface area contributed by atoms with Gasteiger partial charge in [0.25, 0.3) is 5.91 Å². The summed E-state index contributed by atoms with van der Waals surface area (Å²) in [5.41, 5.74) is 21.8. The summed E-state index contributed by atoms with van der Waals surface area (Å²) in [5, 5.41) is 16.6. The number of hydrogen-bond acceptors (Lipinski definition) is 12. The molecule has 7 atom stereocenters. The fraction of sp³-hybridized carbons (Fsp3) is 0.481. The Hall–Kier alpha value is -6.21. The molecule has 7 rings (SSSR count). The van der Waals surface area contributed by atoms with Gasteiger partial charge >= 0.3 is 0 Å². The maximum atomic E-state index is 14.1. The average Bonchev–Trinajstić information content (AvgIpc) is 4.05. The van der Waals surface area contributed by atoms with Crippen LogP contribution in [0.25, 0.3) is 10.4 Å². The lowest BCUT2D eigenvalue weighted by molar-refractivity contribution is -0.145. The lowest BCUT2D eigenvalue weighted by Crippen LogP contribution is -2.58. The van der Waals surface area contributed by atoms with Crippen molar-refractivity contribution >= 4 is 52.5 Å². The molecule has 1 saturated heterocycles. The van der Waals surface area contributed by atoms with E-state index >= 15 is 0 Å². The van der Waals surface area contributed by atoms with E-state index in [0.717, 1.165) is 44.1 Å². The molecule has 0 saturated carbocycles. The smallest absolute Gasteiger partial charge is 0.275 e. The number of para-hydroxylation sites is 1. The van der Waals surface area contributed by atoms with E-state index < -0.39 is 65.6 Å². The van der Waals surface area contributed by atoms with Crippen LogP contribution in [0.15, 0.2) is 72.2 Å². The number of nitrogens with zero attached hydrogens (tertiary/aromatic N) is 3. The van der Waals surface area contributed by atoms with E-state index in [1.165, 1.54) is 16.2 Å². The molecule has 8 N–H and O–H groups in total. The Morgan fingerprint density at radius 1 is 0.929 bits per heavy atom. The number of benzene rings is 3. The first-order valence-corrected chi connectivity index (χ1v) is 25.0. The molecule has 3 aliphatic rings. The number of anilines is 1. The van der Waals surface area contributed by atoms with Gasteiger partial charge in [-0.2, -0.15) is 5.48 Å². The van der Waals surface area contributed by atoms with Crippen molar-refractivity contribution in [3.8, 4) is 16.2 Å². The third-order valence-electron chi connectivity index (χ3n) is 13.4. The first kappa shape index (κ1) is 51.6. The van der Waals surface area contributed by atoms with Gasteiger partial charge in [-0.3, -0.25) is 33.7 Å². The monoisotopic (exact) mass is 978 g/mol. The SMILES string of the molecule is Cc1ncsc1-c1ccc(ONC(=O)[C@@H]2C[C@@H](O)CN2C(=O)[C@@H](NC(=O)CCCCc2ccc(CO[C@H](C)[C@H](CCC(N)=O)NC(=O)[C@@H]3Cc4cccc5c4N3C(=O)[C@@H](N)CC5)cc2)C(C)(C)C)cc1. The molecular formula is C52H66N8O9S. The minimum atomic E-state index is -0.999. The second-order valence-electron chi connectivity index (χ2n) is 19.8. The molecule has 0 radical (unpaired) electrons. The van der Waals surface area contributed by atoms with E-state index in [1.807, 2.05) is 89.2 Å². The van der Waals surface area contributed by atoms with Crippen LogP contribution in [0.5, 0.6) is 5.75 Å². The van der Waals surface area contributed by atoms with Crippen molar-refractivity contribution in [2.45, 2.75) is 148 Å². The number of hydroxylamine groups is 1. The van der Waals surface area contributed by atoms with Crippen molar-refractivity contribution in [2.75, 3.05) is 11.4 Å². The minimum absolute atomic E-state index is 0.0264. The van der Waals surface area contributed by atoms with Gasteiger partial charge in [-0.25, -0.2) is 4.98 Å². The summed E-state index contributed by atoms with van der Waals surface area (Å²) in [6.45, 7) is 9.48. The van der Waals surface area contributed by atoms with Crippen LogP contribution in [0.1, 0.15) is 101 Å². The fourth-order valence-corrected chi connectivity index (χ4v) is 10.2. The Morgan fingerprint density at radius 3 is 2.33 bits per heavy atom. The van der Waals surface area contributed by atoms with Crippen molar-refractivity contribution in [2.24, 2.45) is 16.9 Å². The van der Waals surface area contributed by atoms with Gasteiger partial charge in [0.05, 0.1) is 52.7 Å². The maximum absolute atomic E-state index is 14.1. The normalized spacial score (nSPS) is 20.0. The number of aromatic nitrogens is 1. The number of β-amino-alcohol motifs (C(OH)–C–C–N with tert-alkyl or cyclic N) is 1. The van der Waals surface area contributed by atoms with Crippen LogP contribution in [0.4, 0.5) is 5.69 Å². The fourth-order valence-electron chi connectivity index (χ4n) is 9.41. The van der Waals surface area contributed by atoms with E-state index in [-0.39, 0.29) is 56.6 Å². The molecule has 0 unspecified atom stereocenters. The molecule has 70 heavy (non-hydrogen) atoms. The van der Waals surface area contributed by atoms with Crippen LogP contribution >= 0.6 is 11.3 Å². The highest BCUT2D eigenvalue weighted by Crippen LogP contribution is 2.39. The maximum Gasteiger partial charge on any atom is 0.275 e. The standard InChI is InChI=1S/C52H66N8O9S/c1-30-46(70-29-55-30)35-17-20-38(21-18-35)69-58-49(65)41-26-37(61)27-59(41)51(67)47(52(3,4)5)57-44(63)12-7-6-9-32-13-15-33(16-14-32)28-68-31(2)40(23-24-43(54)62)56-48(64)42-25-36-11-8-10-34-19-22-39(53)50(66)60(42)45(34)36/h8,10-11,13-18,20-21,29,31,37,39-42,47,61H,6-7,9,12,19,22-28,53H2,1-5H3,(H2,54,62)(H,56,64)(H,57,63)(H,58,65)/t31-,37-,39+,40+,41+,42+,47-/m1/s1. The van der Waals surface area contributed by atoms with Crippen LogP contribution in [0.2, 0.25) is 0 Å². The molecule has 1 fully saturated rings. The van der Waals surface area contributed by atoms with Crippen LogP contribution < -0.4 is 37.3 Å². The molecular weight excluding hydrogens is 913 g/mol. The molecule has 374 valence electrons. The number of aryl methyl sites for hydroxylation is 3. The molecule has 0 spiro atoms. The van der Waals surface area contributed by atoms with Crippen LogP contribution in [0.3, 0.4) is 0 Å². The van der Waals surface area contributed by atoms with E-state index in [1.54, 1.807) is 22.5 Å². The number of amides is 6. The van der Waals surface area contributed by atoms with Crippen molar-refractivity contribution in [3.63, 3.8) is 0 Å². The Kier molecular flexibility index (Phi) is 16.7. The summed E-state index contributed by atoms with van der Waals surface area (Å²) in [6.07, 6.45) is 2.61. The quantitative estimate of drug-likeness (QED) is 0.0538. The third-order valence-corrected chi connectivity index (χ3v) is 14.4. The summed E-state index contributed by atoms with van der Waals surface area (Å²) in [6, 6.07) is 17.0. The van der Waals surface area contributed by atoms with Gasteiger partial charge in [0, 0.05) is 32.2 Å². The molecule has 18 heteroatoms. The first-order valence-electron chi connectivity index (χ1n) is 24.1. The number of thiazole rings is 1. The summed E-state index contributed by atoms with van der Waals surface area (Å²) >= 11 is 1.53. The highest BCUT2D eigenvalue weighted by atomic mass is 32.1. The zero-order chi connectivity index (χ0) is 50.3. The zero-order valence-corrected chi connectivity index (χ0v) is 41.4. The van der Waals surface area contributed by atoms with Crippen molar-refractivity contribution < 1.29 is 43.4 Å². The molecule has 4 heterocycles.